The van der Waals surface area contributed by atoms with Crippen molar-refractivity contribution >= 4 is 39.6 Å². The molecule has 0 unspecified atom stereocenters. The van der Waals surface area contributed by atoms with Crippen LogP contribution in [0.4, 0.5) is 0 Å². The Balaban J connectivity index is 2.86. The van der Waals surface area contributed by atoms with E-state index in [1.807, 2.05) is 6.20 Å². The third-order valence-corrected chi connectivity index (χ3v) is 2.99. The smallest absolute Gasteiger partial charge is 0.337 e. The number of nitrogens with one attached hydrogen (secondary N) is 1. The first-order chi connectivity index (χ1) is 6.61. The number of H-pyrrole nitrogens is 1. The molecule has 0 aliphatic heterocycles. The van der Waals surface area contributed by atoms with Gasteiger partial charge >= 0.3 is 5.97 Å². The van der Waals surface area contributed by atoms with Gasteiger partial charge in [0.2, 0.25) is 0 Å². The Morgan fingerprint density at radius 1 is 1.64 bits per heavy atom. The molecule has 0 bridgehead atoms. The summed E-state index contributed by atoms with van der Waals surface area (Å²) in [4.78, 5) is 17.9. The van der Waals surface area contributed by atoms with Crippen LogP contribution in [0.3, 0.4) is 0 Å². The molecule has 2 N–H and O–H groups in total. The highest BCUT2D eigenvalue weighted by Crippen LogP contribution is 2.24. The summed E-state index contributed by atoms with van der Waals surface area (Å²) >= 11 is 2.15. The molecule has 0 atom stereocenters. The van der Waals surface area contributed by atoms with Crippen LogP contribution in [0.25, 0.3) is 11.0 Å². The van der Waals surface area contributed by atoms with E-state index in [1.165, 1.54) is 6.20 Å². The highest BCUT2D eigenvalue weighted by atomic mass is 127. The van der Waals surface area contributed by atoms with E-state index < -0.39 is 5.97 Å². The lowest BCUT2D eigenvalue weighted by Gasteiger charge is -2.01. The molecule has 14 heavy (non-hydrogen) atoms. The molecule has 0 saturated carbocycles. The van der Waals surface area contributed by atoms with E-state index >= 15 is 0 Å². The van der Waals surface area contributed by atoms with Gasteiger partial charge in [0, 0.05) is 21.4 Å². The summed E-state index contributed by atoms with van der Waals surface area (Å²) in [6.07, 6.45) is 3.20. The second-order valence-electron chi connectivity index (χ2n) is 2.96. The van der Waals surface area contributed by atoms with Crippen LogP contribution in [-0.4, -0.2) is 21.0 Å². The zero-order valence-electron chi connectivity index (χ0n) is 7.34. The predicted molar refractivity (Wildman–Crippen MR) is 60.5 cm³/mol. The highest BCUT2D eigenvalue weighted by Gasteiger charge is 2.13. The average molecular weight is 302 g/mol. The van der Waals surface area contributed by atoms with Crippen molar-refractivity contribution in [2.45, 2.75) is 6.92 Å². The van der Waals surface area contributed by atoms with Gasteiger partial charge in [0.05, 0.1) is 5.56 Å². The Morgan fingerprint density at radius 3 is 3.00 bits per heavy atom. The number of rotatable bonds is 1. The average Bonchev–Trinajstić information content (AvgIpc) is 2.48. The number of carboxylic acid groups (broad SMARTS) is 1. The van der Waals surface area contributed by atoms with Crippen LogP contribution in [0, 0.1) is 10.5 Å². The lowest BCUT2D eigenvalue weighted by atomic mass is 10.1. The van der Waals surface area contributed by atoms with Gasteiger partial charge < -0.3 is 10.1 Å². The number of aromatic carboxylic acids is 1. The number of hydrogen-bond donors (Lipinski definition) is 2. The van der Waals surface area contributed by atoms with Gasteiger partial charge in [-0.2, -0.15) is 0 Å². The number of carboxylic acids is 1. The summed E-state index contributed by atoms with van der Waals surface area (Å²) < 4.78 is 0.991. The van der Waals surface area contributed by atoms with Crippen molar-refractivity contribution < 1.29 is 9.90 Å². The van der Waals surface area contributed by atoms with Crippen LogP contribution in [-0.2, 0) is 0 Å². The summed E-state index contributed by atoms with van der Waals surface area (Å²) in [5.41, 5.74) is 1.75. The fraction of sp³-hybridized carbons (Fsp3) is 0.111. The van der Waals surface area contributed by atoms with Gasteiger partial charge in [-0.3, -0.25) is 0 Å². The SMILES string of the molecule is Cc1c(C(=O)O)cnc2[nH]cc(I)c12. The van der Waals surface area contributed by atoms with Crippen LogP contribution >= 0.6 is 22.6 Å². The molecular weight excluding hydrogens is 295 g/mol. The number of aromatic nitrogens is 2. The lowest BCUT2D eigenvalue weighted by Crippen LogP contribution is -2.01. The number of aromatic amines is 1. The normalized spacial score (nSPS) is 10.7. The fourth-order valence-corrected chi connectivity index (χ4v) is 2.24. The standard InChI is InChI=1S/C9H7IN2O2/c1-4-5(9(13)14)2-11-8-7(4)6(10)3-12-8/h2-3H,1H3,(H,11,12)(H,13,14). The van der Waals surface area contributed by atoms with Crippen LogP contribution in [0.15, 0.2) is 12.4 Å². The zero-order chi connectivity index (χ0) is 10.3. The number of nitrogens with zero attached hydrogens (tertiary/aromatic N) is 1. The van der Waals surface area contributed by atoms with Crippen LogP contribution in [0.5, 0.6) is 0 Å². The lowest BCUT2D eigenvalue weighted by molar-refractivity contribution is 0.0696. The molecule has 72 valence electrons. The molecule has 2 rings (SSSR count). The molecular formula is C9H7IN2O2. The number of halogens is 1. The van der Waals surface area contributed by atoms with Gasteiger partial charge in [0.1, 0.15) is 5.65 Å². The second-order valence-corrected chi connectivity index (χ2v) is 4.12. The number of fused-ring (bicyclic) bond motifs is 1. The van der Waals surface area contributed by atoms with E-state index in [1.54, 1.807) is 6.92 Å². The number of carbonyl (C=O) groups is 1. The summed E-state index contributed by atoms with van der Waals surface area (Å²) in [6.45, 7) is 1.80. The summed E-state index contributed by atoms with van der Waals surface area (Å²) in [5.74, 6) is -0.936. The largest absolute Gasteiger partial charge is 0.478 e. The van der Waals surface area contributed by atoms with E-state index in [9.17, 15) is 4.79 Å². The minimum atomic E-state index is -0.936. The molecule has 0 aliphatic carbocycles. The molecule has 0 spiro atoms. The monoisotopic (exact) mass is 302 g/mol. The van der Waals surface area contributed by atoms with Gasteiger partial charge in [-0.25, -0.2) is 9.78 Å². The van der Waals surface area contributed by atoms with Crippen molar-refractivity contribution in [1.29, 1.82) is 0 Å². The van der Waals surface area contributed by atoms with Gasteiger partial charge in [-0.05, 0) is 35.1 Å². The van der Waals surface area contributed by atoms with Crippen LogP contribution < -0.4 is 0 Å². The third kappa shape index (κ3) is 1.28. The minimum Gasteiger partial charge on any atom is -0.478 e. The Bertz CT molecular complexity index is 519. The van der Waals surface area contributed by atoms with Crippen molar-refractivity contribution in [3.05, 3.63) is 27.1 Å². The topological polar surface area (TPSA) is 66.0 Å². The van der Waals surface area contributed by atoms with Crippen LogP contribution in [0.2, 0.25) is 0 Å². The first-order valence-corrected chi connectivity index (χ1v) is 5.04. The summed E-state index contributed by atoms with van der Waals surface area (Å²) in [7, 11) is 0. The number of hydrogen-bond acceptors (Lipinski definition) is 2. The summed E-state index contributed by atoms with van der Waals surface area (Å²) in [5, 5.41) is 9.79. The number of aryl methyl sites for hydroxylation is 1. The molecule has 2 aromatic heterocycles. The first kappa shape index (κ1) is 9.45. The Kier molecular flexibility index (Phi) is 2.18. The molecule has 5 heteroatoms. The maximum atomic E-state index is 10.8. The molecule has 0 aliphatic rings. The van der Waals surface area contributed by atoms with E-state index in [0.29, 0.717) is 0 Å². The number of pyridine rings is 1. The van der Waals surface area contributed by atoms with Crippen molar-refractivity contribution in [3.8, 4) is 0 Å². The predicted octanol–water partition coefficient (Wildman–Crippen LogP) is 2.17. The Morgan fingerprint density at radius 2 is 2.36 bits per heavy atom. The minimum absolute atomic E-state index is 0.259. The molecule has 0 aromatic carbocycles. The Hall–Kier alpha value is -1.11. The molecule has 0 radical (unpaired) electrons. The quantitative estimate of drug-likeness (QED) is 0.793. The van der Waals surface area contributed by atoms with Crippen LogP contribution in [0.1, 0.15) is 15.9 Å². The Labute approximate surface area is 93.5 Å². The zero-order valence-corrected chi connectivity index (χ0v) is 9.49. The van der Waals surface area contributed by atoms with Gasteiger partial charge in [0.15, 0.2) is 0 Å². The van der Waals surface area contributed by atoms with E-state index in [4.69, 9.17) is 5.11 Å². The van der Waals surface area contributed by atoms with Gasteiger partial charge in [-0.15, -0.1) is 0 Å². The van der Waals surface area contributed by atoms with E-state index in [0.717, 1.165) is 20.2 Å². The molecule has 0 fully saturated rings. The van der Waals surface area contributed by atoms with Gasteiger partial charge in [-0.1, -0.05) is 0 Å². The molecule has 2 aromatic rings. The fourth-order valence-electron chi connectivity index (χ4n) is 1.42. The molecule has 4 nitrogen and oxygen atoms in total. The first-order valence-electron chi connectivity index (χ1n) is 3.96. The third-order valence-electron chi connectivity index (χ3n) is 2.14. The van der Waals surface area contributed by atoms with Crippen molar-refractivity contribution in [1.82, 2.24) is 9.97 Å². The van der Waals surface area contributed by atoms with Crippen molar-refractivity contribution in [3.63, 3.8) is 0 Å². The molecule has 0 amide bonds. The van der Waals surface area contributed by atoms with E-state index in [-0.39, 0.29) is 5.56 Å². The summed E-state index contributed by atoms with van der Waals surface area (Å²) in [6, 6.07) is 0. The van der Waals surface area contributed by atoms with Crippen molar-refractivity contribution in [2.24, 2.45) is 0 Å². The maximum absolute atomic E-state index is 10.8. The maximum Gasteiger partial charge on any atom is 0.337 e. The van der Waals surface area contributed by atoms with E-state index in [2.05, 4.69) is 32.6 Å². The van der Waals surface area contributed by atoms with Crippen molar-refractivity contribution in [2.75, 3.05) is 0 Å². The molecule has 0 saturated heterocycles. The van der Waals surface area contributed by atoms with Gasteiger partial charge in [0.25, 0.3) is 0 Å². The molecule has 2 heterocycles. The highest BCUT2D eigenvalue weighted by molar-refractivity contribution is 14.1. The second kappa shape index (κ2) is 3.23.